The Labute approximate surface area is 159 Å². The van der Waals surface area contributed by atoms with Gasteiger partial charge < -0.3 is 9.84 Å². The lowest BCUT2D eigenvalue weighted by Crippen LogP contribution is -2.04. The fraction of sp³-hybridized carbons (Fsp3) is 0.250. The molecule has 0 amide bonds. The Hall–Kier alpha value is -2.22. The molecular weight excluding hydrogens is 375 g/mol. The van der Waals surface area contributed by atoms with Crippen LogP contribution in [0, 0.1) is 0 Å². The van der Waals surface area contributed by atoms with Gasteiger partial charge in [-0.1, -0.05) is 42.5 Å². The maximum atomic E-state index is 12.7. The number of aliphatic hydroxyl groups is 1. The van der Waals surface area contributed by atoms with E-state index in [1.807, 2.05) is 30.3 Å². The average Bonchev–Trinajstić information content (AvgIpc) is 3.09. The van der Waals surface area contributed by atoms with E-state index in [1.54, 1.807) is 0 Å². The number of thiazole rings is 1. The van der Waals surface area contributed by atoms with Crippen molar-refractivity contribution in [2.45, 2.75) is 25.8 Å². The molecule has 0 radical (unpaired) electrons. The molecule has 7 heteroatoms. The number of ether oxygens (including phenoxy) is 1. The van der Waals surface area contributed by atoms with Crippen LogP contribution in [-0.4, -0.2) is 16.7 Å². The van der Waals surface area contributed by atoms with E-state index in [0.717, 1.165) is 18.6 Å². The lowest BCUT2D eigenvalue weighted by molar-refractivity contribution is -0.137. The van der Waals surface area contributed by atoms with Gasteiger partial charge >= 0.3 is 6.18 Å². The van der Waals surface area contributed by atoms with Crippen LogP contribution >= 0.6 is 11.3 Å². The number of aromatic nitrogens is 1. The van der Waals surface area contributed by atoms with Crippen molar-refractivity contribution in [3.05, 3.63) is 76.3 Å². The minimum Gasteiger partial charge on any atom is -0.391 e. The highest BCUT2D eigenvalue weighted by Crippen LogP contribution is 2.33. The molecule has 0 aliphatic heterocycles. The minimum absolute atomic E-state index is 0.185. The molecule has 0 fully saturated rings. The Bertz CT molecular complexity index is 861. The second-order valence-corrected chi connectivity index (χ2v) is 6.99. The van der Waals surface area contributed by atoms with Crippen LogP contribution in [0.4, 0.5) is 13.2 Å². The van der Waals surface area contributed by atoms with Crippen molar-refractivity contribution in [2.24, 2.45) is 0 Å². The molecule has 142 valence electrons. The molecule has 3 rings (SSSR count). The Morgan fingerprint density at radius 3 is 2.33 bits per heavy atom. The number of halogens is 3. The summed E-state index contributed by atoms with van der Waals surface area (Å²) in [5.41, 5.74) is 1.67. The Morgan fingerprint density at radius 2 is 1.70 bits per heavy atom. The molecule has 27 heavy (non-hydrogen) atoms. The predicted octanol–water partition coefficient (Wildman–Crippen LogP) is 5.08. The number of alkyl halides is 3. The molecule has 1 N–H and O–H groups in total. The summed E-state index contributed by atoms with van der Waals surface area (Å²) in [6, 6.07) is 14.8. The molecular formula is C20H18F3NO2S. The molecule has 1 heterocycles. The maximum Gasteiger partial charge on any atom is 0.416 e. The number of hydrogen-bond donors (Lipinski definition) is 1. The summed E-state index contributed by atoms with van der Waals surface area (Å²) in [4.78, 5) is 5.10. The maximum absolute atomic E-state index is 12.7. The lowest BCUT2D eigenvalue weighted by Gasteiger charge is -2.06. The van der Waals surface area contributed by atoms with Crippen LogP contribution in [0.3, 0.4) is 0 Å². The first-order valence-electron chi connectivity index (χ1n) is 8.36. The van der Waals surface area contributed by atoms with Crippen LogP contribution in [0.25, 0.3) is 10.6 Å². The van der Waals surface area contributed by atoms with Crippen molar-refractivity contribution in [1.82, 2.24) is 4.98 Å². The van der Waals surface area contributed by atoms with E-state index in [4.69, 9.17) is 4.74 Å². The van der Waals surface area contributed by atoms with Crippen LogP contribution in [0.2, 0.25) is 0 Å². The van der Waals surface area contributed by atoms with Crippen molar-refractivity contribution >= 4 is 11.3 Å². The van der Waals surface area contributed by atoms with E-state index >= 15 is 0 Å². The second kappa shape index (κ2) is 8.65. The molecule has 0 aliphatic carbocycles. The summed E-state index contributed by atoms with van der Waals surface area (Å²) < 4.78 is 43.7. The Morgan fingerprint density at radius 1 is 1.00 bits per heavy atom. The minimum atomic E-state index is -4.37. The SMILES string of the molecule is OCc1sc(-c2ccc(C(F)(F)F)cc2)nc1COCCc1ccccc1. The first-order chi connectivity index (χ1) is 13.0. The van der Waals surface area contributed by atoms with E-state index in [9.17, 15) is 18.3 Å². The fourth-order valence-electron chi connectivity index (χ4n) is 2.55. The summed E-state index contributed by atoms with van der Waals surface area (Å²) in [5.74, 6) is 0. The number of rotatable bonds is 7. The van der Waals surface area contributed by atoms with Gasteiger partial charge in [-0.15, -0.1) is 11.3 Å². The van der Waals surface area contributed by atoms with Gasteiger partial charge in [-0.3, -0.25) is 0 Å². The number of hydrogen-bond acceptors (Lipinski definition) is 4. The molecule has 0 atom stereocenters. The molecule has 0 saturated heterocycles. The van der Waals surface area contributed by atoms with Gasteiger partial charge in [0.15, 0.2) is 0 Å². The summed E-state index contributed by atoms with van der Waals surface area (Å²) >= 11 is 1.26. The third-order valence-electron chi connectivity index (χ3n) is 4.00. The number of benzene rings is 2. The van der Waals surface area contributed by atoms with Crippen LogP contribution in [-0.2, 0) is 30.5 Å². The van der Waals surface area contributed by atoms with E-state index in [2.05, 4.69) is 4.98 Å². The zero-order chi connectivity index (χ0) is 19.3. The van der Waals surface area contributed by atoms with Crippen molar-refractivity contribution in [2.75, 3.05) is 6.61 Å². The zero-order valence-corrected chi connectivity index (χ0v) is 15.2. The van der Waals surface area contributed by atoms with E-state index in [-0.39, 0.29) is 13.2 Å². The van der Waals surface area contributed by atoms with Gasteiger partial charge in [0.2, 0.25) is 0 Å². The van der Waals surface area contributed by atoms with Crippen molar-refractivity contribution < 1.29 is 23.0 Å². The summed E-state index contributed by atoms with van der Waals surface area (Å²) in [6.07, 6.45) is -3.60. The smallest absolute Gasteiger partial charge is 0.391 e. The Balaban J connectivity index is 1.64. The number of aliphatic hydroxyl groups excluding tert-OH is 1. The third-order valence-corrected chi connectivity index (χ3v) is 5.13. The lowest BCUT2D eigenvalue weighted by atomic mass is 10.1. The molecule has 0 saturated carbocycles. The molecule has 0 spiro atoms. The first kappa shape index (κ1) is 19.5. The topological polar surface area (TPSA) is 42.4 Å². The molecule has 2 aromatic carbocycles. The first-order valence-corrected chi connectivity index (χ1v) is 9.18. The summed E-state index contributed by atoms with van der Waals surface area (Å²) in [5, 5.41) is 10.1. The van der Waals surface area contributed by atoms with Crippen LogP contribution in [0.1, 0.15) is 21.7 Å². The third kappa shape index (κ3) is 5.15. The van der Waals surface area contributed by atoms with E-state index < -0.39 is 11.7 Å². The highest BCUT2D eigenvalue weighted by Gasteiger charge is 2.30. The largest absolute Gasteiger partial charge is 0.416 e. The monoisotopic (exact) mass is 393 g/mol. The molecule has 1 aromatic heterocycles. The van der Waals surface area contributed by atoms with Crippen molar-refractivity contribution in [3.8, 4) is 10.6 Å². The number of nitrogens with zero attached hydrogens (tertiary/aromatic N) is 1. The summed E-state index contributed by atoms with van der Waals surface area (Å²) in [7, 11) is 0. The van der Waals surface area contributed by atoms with Gasteiger partial charge in [-0.2, -0.15) is 13.2 Å². The molecule has 0 bridgehead atoms. The molecule has 3 nitrogen and oxygen atoms in total. The molecule has 3 aromatic rings. The van der Waals surface area contributed by atoms with Gasteiger partial charge in [-0.25, -0.2) is 4.98 Å². The standard InChI is InChI=1S/C20H18F3NO2S/c21-20(22,23)16-8-6-15(7-9-16)19-24-17(18(12-25)27-19)13-26-11-10-14-4-2-1-3-5-14/h1-9,25H,10-13H2. The van der Waals surface area contributed by atoms with Gasteiger partial charge in [0.1, 0.15) is 5.01 Å². The quantitative estimate of drug-likeness (QED) is 0.569. The predicted molar refractivity (Wildman–Crippen MR) is 98.3 cm³/mol. The van der Waals surface area contributed by atoms with Crippen LogP contribution in [0.5, 0.6) is 0 Å². The van der Waals surface area contributed by atoms with E-state index in [1.165, 1.54) is 29.0 Å². The average molecular weight is 393 g/mol. The van der Waals surface area contributed by atoms with Crippen molar-refractivity contribution in [3.63, 3.8) is 0 Å². The van der Waals surface area contributed by atoms with Gasteiger partial charge in [0, 0.05) is 5.56 Å². The van der Waals surface area contributed by atoms with Gasteiger partial charge in [0.05, 0.1) is 36.0 Å². The van der Waals surface area contributed by atoms with Gasteiger partial charge in [0.25, 0.3) is 0 Å². The second-order valence-electron chi connectivity index (χ2n) is 5.91. The Kier molecular flexibility index (Phi) is 6.26. The highest BCUT2D eigenvalue weighted by atomic mass is 32.1. The van der Waals surface area contributed by atoms with Crippen LogP contribution in [0.15, 0.2) is 54.6 Å². The van der Waals surface area contributed by atoms with Crippen LogP contribution < -0.4 is 0 Å². The molecule has 0 aliphatic rings. The molecule has 0 unspecified atom stereocenters. The van der Waals surface area contributed by atoms with E-state index in [0.29, 0.717) is 27.7 Å². The normalized spacial score (nSPS) is 11.7. The zero-order valence-electron chi connectivity index (χ0n) is 14.4. The summed E-state index contributed by atoms with van der Waals surface area (Å²) in [6.45, 7) is 0.581. The fourth-order valence-corrected chi connectivity index (χ4v) is 3.48. The van der Waals surface area contributed by atoms with Crippen molar-refractivity contribution in [1.29, 1.82) is 0 Å². The highest BCUT2D eigenvalue weighted by molar-refractivity contribution is 7.15. The van der Waals surface area contributed by atoms with Gasteiger partial charge in [-0.05, 0) is 24.1 Å².